The smallest absolute Gasteiger partial charge is 0.126 e. The van der Waals surface area contributed by atoms with Crippen LogP contribution in [0.25, 0.3) is 0 Å². The van der Waals surface area contributed by atoms with Gasteiger partial charge in [-0.25, -0.2) is 4.39 Å². The third-order valence-electron chi connectivity index (χ3n) is 5.45. The van der Waals surface area contributed by atoms with Gasteiger partial charge in [-0.3, -0.25) is 0 Å². The first-order chi connectivity index (χ1) is 10.1. The molecule has 3 rings (SSSR count). The van der Waals surface area contributed by atoms with Crippen molar-refractivity contribution in [3.05, 3.63) is 70.5 Å². The molecule has 0 radical (unpaired) electrons. The Balaban J connectivity index is 2.01. The maximum absolute atomic E-state index is 13.7. The van der Waals surface area contributed by atoms with Crippen LogP contribution in [-0.2, 0) is 18.3 Å². The minimum absolute atomic E-state index is 0.0783. The summed E-state index contributed by atoms with van der Waals surface area (Å²) in [6, 6.07) is 14.4. The van der Waals surface area contributed by atoms with Crippen LogP contribution in [0.1, 0.15) is 55.4 Å². The Kier molecular flexibility index (Phi) is 3.61. The van der Waals surface area contributed by atoms with Gasteiger partial charge in [0.15, 0.2) is 0 Å². The molecule has 2 aromatic carbocycles. The lowest BCUT2D eigenvalue weighted by atomic mass is 9.70. The number of benzene rings is 2. The Bertz CT molecular complexity index is 659. The van der Waals surface area contributed by atoms with E-state index in [1.54, 1.807) is 6.07 Å². The molecular formula is C20H23F. The monoisotopic (exact) mass is 282 g/mol. The van der Waals surface area contributed by atoms with Crippen molar-refractivity contribution in [1.82, 2.24) is 0 Å². The van der Waals surface area contributed by atoms with Gasteiger partial charge in [-0.05, 0) is 58.9 Å². The van der Waals surface area contributed by atoms with Crippen molar-refractivity contribution in [1.29, 1.82) is 0 Å². The van der Waals surface area contributed by atoms with Gasteiger partial charge in [-0.15, -0.1) is 0 Å². The maximum Gasteiger partial charge on any atom is 0.126 e. The first kappa shape index (κ1) is 14.3. The fraction of sp³-hybridized carbons (Fsp3) is 0.400. The summed E-state index contributed by atoms with van der Waals surface area (Å²) in [5.74, 6) is 0.317. The van der Waals surface area contributed by atoms with Crippen LogP contribution in [0.3, 0.4) is 0 Å². The Hall–Kier alpha value is -1.63. The van der Waals surface area contributed by atoms with Crippen molar-refractivity contribution in [2.75, 3.05) is 0 Å². The van der Waals surface area contributed by atoms with Gasteiger partial charge in [0.25, 0.3) is 0 Å². The SMILES string of the molecule is CCc1cc(C(C)C2(C)CCc3ccccc32)ccc1F. The number of rotatable bonds is 3. The largest absolute Gasteiger partial charge is 0.207 e. The molecule has 0 fully saturated rings. The fourth-order valence-corrected chi connectivity index (χ4v) is 3.78. The predicted octanol–water partition coefficient (Wildman–Crippen LogP) is 5.40. The highest BCUT2D eigenvalue weighted by atomic mass is 19.1. The van der Waals surface area contributed by atoms with Crippen LogP contribution in [0.5, 0.6) is 0 Å². The minimum Gasteiger partial charge on any atom is -0.207 e. The van der Waals surface area contributed by atoms with Crippen molar-refractivity contribution in [2.24, 2.45) is 0 Å². The molecule has 2 atom stereocenters. The van der Waals surface area contributed by atoms with Crippen LogP contribution in [0, 0.1) is 5.82 Å². The standard InChI is InChI=1S/C20H23F/c1-4-15-13-17(9-10-19(15)21)14(2)20(3)12-11-16-7-5-6-8-18(16)20/h5-10,13-14H,4,11-12H2,1-3H3. The van der Waals surface area contributed by atoms with Crippen LogP contribution in [-0.4, -0.2) is 0 Å². The van der Waals surface area contributed by atoms with Gasteiger partial charge in [-0.2, -0.15) is 0 Å². The normalized spacial score (nSPS) is 22.1. The summed E-state index contributed by atoms with van der Waals surface area (Å²) < 4.78 is 13.7. The molecule has 0 aromatic heterocycles. The summed E-state index contributed by atoms with van der Waals surface area (Å²) in [6.07, 6.45) is 3.07. The highest BCUT2D eigenvalue weighted by Crippen LogP contribution is 2.48. The molecule has 0 saturated carbocycles. The van der Waals surface area contributed by atoms with Gasteiger partial charge >= 0.3 is 0 Å². The van der Waals surface area contributed by atoms with E-state index in [2.05, 4.69) is 44.2 Å². The van der Waals surface area contributed by atoms with Crippen LogP contribution in [0.4, 0.5) is 4.39 Å². The van der Waals surface area contributed by atoms with Gasteiger partial charge in [-0.1, -0.05) is 57.2 Å². The molecule has 0 bridgehead atoms. The van der Waals surface area contributed by atoms with Crippen LogP contribution in [0.15, 0.2) is 42.5 Å². The topological polar surface area (TPSA) is 0 Å². The summed E-state index contributed by atoms with van der Waals surface area (Å²) in [5, 5.41) is 0. The number of halogens is 1. The zero-order valence-electron chi connectivity index (χ0n) is 13.1. The summed E-state index contributed by atoms with van der Waals surface area (Å²) in [6.45, 7) is 6.66. The van der Waals surface area contributed by atoms with Gasteiger partial charge < -0.3 is 0 Å². The molecule has 2 unspecified atom stereocenters. The van der Waals surface area contributed by atoms with Crippen LogP contribution in [0.2, 0.25) is 0 Å². The van der Waals surface area contributed by atoms with E-state index in [-0.39, 0.29) is 11.2 Å². The van der Waals surface area contributed by atoms with Gasteiger partial charge in [0.05, 0.1) is 0 Å². The molecule has 21 heavy (non-hydrogen) atoms. The van der Waals surface area contributed by atoms with Crippen LogP contribution < -0.4 is 0 Å². The molecular weight excluding hydrogens is 259 g/mol. The summed E-state index contributed by atoms with van der Waals surface area (Å²) in [4.78, 5) is 0. The van der Waals surface area contributed by atoms with E-state index in [0.29, 0.717) is 5.92 Å². The van der Waals surface area contributed by atoms with Gasteiger partial charge in [0, 0.05) is 0 Å². The molecule has 1 heteroatoms. The van der Waals surface area contributed by atoms with E-state index in [0.717, 1.165) is 18.4 Å². The van der Waals surface area contributed by atoms with E-state index < -0.39 is 0 Å². The van der Waals surface area contributed by atoms with E-state index >= 15 is 0 Å². The van der Waals surface area contributed by atoms with E-state index in [1.165, 1.54) is 23.1 Å². The maximum atomic E-state index is 13.7. The van der Waals surface area contributed by atoms with Crippen molar-refractivity contribution in [3.8, 4) is 0 Å². The Labute approximate surface area is 127 Å². The highest BCUT2D eigenvalue weighted by Gasteiger charge is 2.39. The number of hydrogen-bond donors (Lipinski definition) is 0. The highest BCUT2D eigenvalue weighted by molar-refractivity contribution is 5.43. The minimum atomic E-state index is -0.0783. The lowest BCUT2D eigenvalue weighted by Crippen LogP contribution is -2.26. The van der Waals surface area contributed by atoms with E-state index in [9.17, 15) is 4.39 Å². The Morgan fingerprint density at radius 2 is 1.95 bits per heavy atom. The van der Waals surface area contributed by atoms with Crippen LogP contribution >= 0.6 is 0 Å². The molecule has 0 N–H and O–H groups in total. The van der Waals surface area contributed by atoms with E-state index in [1.807, 2.05) is 13.0 Å². The second kappa shape index (κ2) is 5.29. The number of aryl methyl sites for hydroxylation is 2. The molecule has 2 aromatic rings. The molecule has 110 valence electrons. The molecule has 0 amide bonds. The molecule has 0 saturated heterocycles. The first-order valence-corrected chi connectivity index (χ1v) is 7.93. The lowest BCUT2D eigenvalue weighted by molar-refractivity contribution is 0.393. The second-order valence-corrected chi connectivity index (χ2v) is 6.50. The summed E-state index contributed by atoms with van der Waals surface area (Å²) in [7, 11) is 0. The number of hydrogen-bond acceptors (Lipinski definition) is 0. The predicted molar refractivity (Wildman–Crippen MR) is 86.3 cm³/mol. The average Bonchev–Trinajstić information content (AvgIpc) is 2.86. The van der Waals surface area contributed by atoms with Crippen molar-refractivity contribution in [3.63, 3.8) is 0 Å². The molecule has 1 aliphatic rings. The zero-order valence-corrected chi connectivity index (χ0v) is 13.1. The Morgan fingerprint density at radius 1 is 1.19 bits per heavy atom. The molecule has 0 aliphatic heterocycles. The van der Waals surface area contributed by atoms with Crippen molar-refractivity contribution < 1.29 is 4.39 Å². The lowest BCUT2D eigenvalue weighted by Gasteiger charge is -2.33. The second-order valence-electron chi connectivity index (χ2n) is 6.50. The Morgan fingerprint density at radius 3 is 2.71 bits per heavy atom. The van der Waals surface area contributed by atoms with Crippen molar-refractivity contribution in [2.45, 2.75) is 51.4 Å². The molecule has 0 spiro atoms. The van der Waals surface area contributed by atoms with Crippen molar-refractivity contribution >= 4 is 0 Å². The van der Waals surface area contributed by atoms with E-state index in [4.69, 9.17) is 0 Å². The molecule has 0 heterocycles. The fourth-order valence-electron chi connectivity index (χ4n) is 3.78. The summed E-state index contributed by atoms with van der Waals surface area (Å²) in [5.41, 5.74) is 5.19. The molecule has 0 nitrogen and oxygen atoms in total. The third kappa shape index (κ3) is 2.29. The quantitative estimate of drug-likeness (QED) is 0.707. The third-order valence-corrected chi connectivity index (χ3v) is 5.45. The first-order valence-electron chi connectivity index (χ1n) is 7.93. The average molecular weight is 282 g/mol. The van der Waals surface area contributed by atoms with Gasteiger partial charge in [0.1, 0.15) is 5.82 Å². The number of fused-ring (bicyclic) bond motifs is 1. The zero-order chi connectivity index (χ0) is 15.0. The summed E-state index contributed by atoms with van der Waals surface area (Å²) >= 11 is 0. The van der Waals surface area contributed by atoms with Gasteiger partial charge in [0.2, 0.25) is 0 Å². The molecule has 1 aliphatic carbocycles.